The van der Waals surface area contributed by atoms with Crippen molar-refractivity contribution >= 4 is 5.78 Å². The minimum absolute atomic E-state index is 0.100. The van der Waals surface area contributed by atoms with Crippen molar-refractivity contribution in [3.8, 4) is 0 Å². The summed E-state index contributed by atoms with van der Waals surface area (Å²) < 4.78 is 0. The molecule has 1 aliphatic heterocycles. The first-order chi connectivity index (χ1) is 9.78. The van der Waals surface area contributed by atoms with Gasteiger partial charge in [0.1, 0.15) is 5.78 Å². The van der Waals surface area contributed by atoms with Gasteiger partial charge in [-0.2, -0.15) is 0 Å². The molecule has 1 heterocycles. The van der Waals surface area contributed by atoms with Gasteiger partial charge in [-0.05, 0) is 43.4 Å². The van der Waals surface area contributed by atoms with E-state index in [2.05, 4.69) is 17.0 Å². The zero-order valence-corrected chi connectivity index (χ0v) is 11.9. The Labute approximate surface area is 120 Å². The molecule has 1 aromatic carbocycles. The van der Waals surface area contributed by atoms with Crippen molar-refractivity contribution in [2.75, 3.05) is 6.54 Å². The number of hydrogen-bond acceptors (Lipinski definition) is 3. The van der Waals surface area contributed by atoms with E-state index in [0.29, 0.717) is 11.8 Å². The minimum atomic E-state index is 0.100. The summed E-state index contributed by atoms with van der Waals surface area (Å²) in [5.41, 5.74) is 2.23. The minimum Gasteiger partial charge on any atom is -0.392 e. The van der Waals surface area contributed by atoms with Gasteiger partial charge in [-0.15, -0.1) is 0 Å². The summed E-state index contributed by atoms with van der Waals surface area (Å²) in [4.78, 5) is 14.5. The van der Waals surface area contributed by atoms with Crippen LogP contribution in [-0.4, -0.2) is 28.4 Å². The molecule has 0 bridgehead atoms. The van der Waals surface area contributed by atoms with Crippen LogP contribution in [0.15, 0.2) is 24.3 Å². The Hall–Kier alpha value is -1.19. The number of nitrogens with zero attached hydrogens (tertiary/aromatic N) is 1. The van der Waals surface area contributed by atoms with Gasteiger partial charge in [0.2, 0.25) is 0 Å². The average molecular weight is 273 g/mol. The molecule has 1 saturated heterocycles. The van der Waals surface area contributed by atoms with Crippen LogP contribution in [0.25, 0.3) is 0 Å². The monoisotopic (exact) mass is 273 g/mol. The summed E-state index contributed by atoms with van der Waals surface area (Å²) in [5.74, 6) is 0.770. The van der Waals surface area contributed by atoms with E-state index < -0.39 is 0 Å². The molecule has 1 aliphatic carbocycles. The number of ketones is 1. The van der Waals surface area contributed by atoms with Gasteiger partial charge in [0.15, 0.2) is 0 Å². The molecule has 2 atom stereocenters. The lowest BCUT2D eigenvalue weighted by molar-refractivity contribution is -0.122. The van der Waals surface area contributed by atoms with Crippen LogP contribution >= 0.6 is 0 Å². The van der Waals surface area contributed by atoms with E-state index in [9.17, 15) is 4.79 Å². The zero-order valence-electron chi connectivity index (χ0n) is 11.9. The highest BCUT2D eigenvalue weighted by Gasteiger charge is 2.37. The Morgan fingerprint density at radius 3 is 2.50 bits per heavy atom. The number of benzene rings is 1. The summed E-state index contributed by atoms with van der Waals surface area (Å²) in [7, 11) is 0. The molecule has 2 fully saturated rings. The molecule has 0 radical (unpaired) electrons. The lowest BCUT2D eigenvalue weighted by atomic mass is 9.95. The van der Waals surface area contributed by atoms with E-state index in [0.717, 1.165) is 37.9 Å². The summed E-state index contributed by atoms with van der Waals surface area (Å²) >= 11 is 0. The van der Waals surface area contributed by atoms with Crippen LogP contribution in [0.1, 0.15) is 43.2 Å². The second-order valence-electron chi connectivity index (χ2n) is 6.12. The van der Waals surface area contributed by atoms with E-state index in [-0.39, 0.29) is 12.5 Å². The van der Waals surface area contributed by atoms with Crippen molar-refractivity contribution in [2.24, 2.45) is 5.92 Å². The molecule has 3 heteroatoms. The summed E-state index contributed by atoms with van der Waals surface area (Å²) in [5, 5.41) is 9.08. The van der Waals surface area contributed by atoms with Crippen LogP contribution in [0.4, 0.5) is 0 Å². The molecule has 1 aromatic rings. The molecule has 0 amide bonds. The second-order valence-corrected chi connectivity index (χ2v) is 6.12. The number of carbonyl (C=O) groups excluding carboxylic acids is 1. The van der Waals surface area contributed by atoms with Gasteiger partial charge < -0.3 is 5.11 Å². The van der Waals surface area contributed by atoms with Crippen molar-refractivity contribution < 1.29 is 9.90 Å². The quantitative estimate of drug-likeness (QED) is 0.916. The van der Waals surface area contributed by atoms with E-state index in [1.165, 1.54) is 18.4 Å². The predicted molar refractivity (Wildman–Crippen MR) is 78.1 cm³/mol. The molecule has 0 aromatic heterocycles. The Morgan fingerprint density at radius 2 is 1.85 bits per heavy atom. The highest BCUT2D eigenvalue weighted by atomic mass is 16.3. The topological polar surface area (TPSA) is 40.5 Å². The third kappa shape index (κ3) is 2.79. The van der Waals surface area contributed by atoms with Crippen LogP contribution in [0.2, 0.25) is 0 Å². The normalized spacial score (nSPS) is 27.4. The lowest BCUT2D eigenvalue weighted by Crippen LogP contribution is -2.36. The van der Waals surface area contributed by atoms with E-state index >= 15 is 0 Å². The number of Topliss-reactive ketones (excluding diaryl/α,β-unsaturated/α-hetero) is 1. The van der Waals surface area contributed by atoms with Crippen LogP contribution < -0.4 is 0 Å². The van der Waals surface area contributed by atoms with Crippen molar-refractivity contribution in [1.82, 2.24) is 4.90 Å². The third-order valence-corrected chi connectivity index (χ3v) is 4.82. The van der Waals surface area contributed by atoms with E-state index in [1.54, 1.807) is 0 Å². The Kier molecular flexibility index (Phi) is 4.18. The van der Waals surface area contributed by atoms with Crippen LogP contribution in [-0.2, 0) is 17.9 Å². The molecule has 3 nitrogen and oxygen atoms in total. The molecule has 0 spiro atoms. The number of aliphatic hydroxyl groups is 1. The number of hydrogen-bond donors (Lipinski definition) is 1. The zero-order chi connectivity index (χ0) is 13.9. The van der Waals surface area contributed by atoms with Gasteiger partial charge in [0.05, 0.1) is 6.61 Å². The van der Waals surface area contributed by atoms with Crippen LogP contribution in [0.3, 0.4) is 0 Å². The highest BCUT2D eigenvalue weighted by Crippen LogP contribution is 2.34. The van der Waals surface area contributed by atoms with Gasteiger partial charge in [0, 0.05) is 24.9 Å². The number of likely N-dealkylation sites (tertiary alicyclic amines) is 1. The van der Waals surface area contributed by atoms with Gasteiger partial charge in [0.25, 0.3) is 0 Å². The molecular formula is C17H23NO2. The highest BCUT2D eigenvalue weighted by molar-refractivity contribution is 5.83. The molecule has 20 heavy (non-hydrogen) atoms. The smallest absolute Gasteiger partial charge is 0.137 e. The van der Waals surface area contributed by atoms with E-state index in [1.807, 2.05) is 12.1 Å². The van der Waals surface area contributed by atoms with Crippen molar-refractivity contribution in [3.05, 3.63) is 35.4 Å². The Balaban J connectivity index is 1.67. The first kappa shape index (κ1) is 13.8. The summed E-state index contributed by atoms with van der Waals surface area (Å²) in [6, 6.07) is 8.62. The fraction of sp³-hybridized carbons (Fsp3) is 0.588. The molecule has 2 aliphatic rings. The number of aliphatic hydroxyl groups excluding tert-OH is 1. The maximum atomic E-state index is 12.0. The molecule has 108 valence electrons. The third-order valence-electron chi connectivity index (χ3n) is 4.82. The van der Waals surface area contributed by atoms with Crippen molar-refractivity contribution in [3.63, 3.8) is 0 Å². The fourth-order valence-electron chi connectivity index (χ4n) is 3.74. The van der Waals surface area contributed by atoms with Gasteiger partial charge >= 0.3 is 0 Å². The second kappa shape index (κ2) is 6.06. The summed E-state index contributed by atoms with van der Waals surface area (Å²) in [6.07, 6.45) is 5.34. The molecular weight excluding hydrogens is 250 g/mol. The Bertz CT molecular complexity index is 468. The lowest BCUT2D eigenvalue weighted by Gasteiger charge is -2.28. The average Bonchev–Trinajstić information content (AvgIpc) is 3.08. The first-order valence-corrected chi connectivity index (χ1v) is 7.73. The van der Waals surface area contributed by atoms with Gasteiger partial charge in [-0.25, -0.2) is 0 Å². The molecule has 1 saturated carbocycles. The number of carbonyl (C=O) groups is 1. The van der Waals surface area contributed by atoms with Gasteiger partial charge in [-0.1, -0.05) is 24.3 Å². The molecule has 3 rings (SSSR count). The first-order valence-electron chi connectivity index (χ1n) is 7.73. The fourth-order valence-corrected chi connectivity index (χ4v) is 3.74. The Morgan fingerprint density at radius 1 is 1.10 bits per heavy atom. The maximum absolute atomic E-state index is 12.0. The van der Waals surface area contributed by atoms with Crippen molar-refractivity contribution in [2.45, 2.75) is 51.3 Å². The van der Waals surface area contributed by atoms with Crippen LogP contribution in [0, 0.1) is 5.92 Å². The summed E-state index contributed by atoms with van der Waals surface area (Å²) in [6.45, 7) is 2.14. The SMILES string of the molecule is O=C1CCCC1C1CCCN1Cc1ccc(CO)cc1. The maximum Gasteiger partial charge on any atom is 0.137 e. The standard InChI is InChI=1S/C17H23NO2/c19-12-14-8-6-13(7-9-14)11-18-10-2-4-16(18)15-3-1-5-17(15)20/h6-9,15-16,19H,1-5,10-12H2. The molecule has 1 N–H and O–H groups in total. The largest absolute Gasteiger partial charge is 0.392 e. The van der Waals surface area contributed by atoms with Crippen LogP contribution in [0.5, 0.6) is 0 Å². The van der Waals surface area contributed by atoms with Gasteiger partial charge in [-0.3, -0.25) is 9.69 Å². The van der Waals surface area contributed by atoms with Crippen molar-refractivity contribution in [1.29, 1.82) is 0 Å². The van der Waals surface area contributed by atoms with E-state index in [4.69, 9.17) is 5.11 Å². The predicted octanol–water partition coefficient (Wildman–Crippen LogP) is 2.51. The number of rotatable bonds is 4. The molecule has 2 unspecified atom stereocenters.